The molecule has 0 radical (unpaired) electrons. The molecule has 1 saturated heterocycles. The van der Waals surface area contributed by atoms with Gasteiger partial charge < -0.3 is 4.74 Å². The first-order chi connectivity index (χ1) is 6.49. The molecule has 1 rings (SSSR count). The van der Waals surface area contributed by atoms with Gasteiger partial charge in [-0.05, 0) is 25.4 Å². The summed E-state index contributed by atoms with van der Waals surface area (Å²) in [7, 11) is 2.19. The van der Waals surface area contributed by atoms with Crippen LogP contribution in [0.4, 0.5) is 0 Å². The Kier molecular flexibility index (Phi) is 6.38. The number of rotatable bonds is 3. The van der Waals surface area contributed by atoms with Crippen LogP contribution < -0.4 is 0 Å². The van der Waals surface area contributed by atoms with Crippen LogP contribution in [-0.2, 0) is 4.74 Å². The highest BCUT2D eigenvalue weighted by molar-refractivity contribution is 4.76. The Morgan fingerprint density at radius 3 is 2.00 bits per heavy atom. The van der Waals surface area contributed by atoms with E-state index in [0.717, 1.165) is 13.2 Å². The molecule has 2 heteroatoms. The predicted molar refractivity (Wildman–Crippen MR) is 62.7 cm³/mol. The highest BCUT2D eigenvalue weighted by Crippen LogP contribution is 2.19. The quantitative estimate of drug-likeness (QED) is 0.696. The molecule has 0 amide bonds. The number of likely N-dealkylation sites (N-methyl/N-ethyl adjacent to an activating group) is 1. The van der Waals surface area contributed by atoms with Crippen LogP contribution in [0.2, 0.25) is 0 Å². The fraction of sp³-hybridized carbons (Fsp3) is 1.00. The minimum absolute atomic E-state index is 0.457. The summed E-state index contributed by atoms with van der Waals surface area (Å²) in [4.78, 5) is 2.41. The molecule has 0 atom stereocenters. The highest BCUT2D eigenvalue weighted by Gasteiger charge is 2.23. The summed E-state index contributed by atoms with van der Waals surface area (Å²) in [6, 6.07) is 0.687. The van der Waals surface area contributed by atoms with Gasteiger partial charge in [0.15, 0.2) is 0 Å². The van der Waals surface area contributed by atoms with Crippen LogP contribution in [0.1, 0.15) is 41.0 Å². The molecule has 1 aliphatic heterocycles. The number of hydrogen-bond acceptors (Lipinski definition) is 2. The maximum atomic E-state index is 5.15. The van der Waals surface area contributed by atoms with E-state index in [9.17, 15) is 0 Å². The first kappa shape index (κ1) is 13.9. The minimum atomic E-state index is 0.457. The van der Waals surface area contributed by atoms with Gasteiger partial charge in [-0.15, -0.1) is 0 Å². The Morgan fingerprint density at radius 1 is 1.21 bits per heavy atom. The Hall–Kier alpha value is -0.0800. The van der Waals surface area contributed by atoms with Crippen molar-refractivity contribution in [2.45, 2.75) is 47.1 Å². The molecule has 1 heterocycles. The van der Waals surface area contributed by atoms with Crippen molar-refractivity contribution in [2.75, 3.05) is 26.8 Å². The highest BCUT2D eigenvalue weighted by atomic mass is 16.5. The Morgan fingerprint density at radius 2 is 1.71 bits per heavy atom. The van der Waals surface area contributed by atoms with Crippen molar-refractivity contribution >= 4 is 0 Å². The molecule has 0 bridgehead atoms. The molecule has 0 aliphatic carbocycles. The van der Waals surface area contributed by atoms with E-state index in [-0.39, 0.29) is 0 Å². The molecule has 0 N–H and O–H groups in total. The van der Waals surface area contributed by atoms with Crippen LogP contribution in [0, 0.1) is 5.41 Å². The van der Waals surface area contributed by atoms with E-state index < -0.39 is 0 Å². The van der Waals surface area contributed by atoms with E-state index in [1.165, 1.54) is 13.0 Å². The number of ether oxygens (including phenoxy) is 1. The van der Waals surface area contributed by atoms with Crippen molar-refractivity contribution in [3.8, 4) is 0 Å². The maximum absolute atomic E-state index is 5.15. The van der Waals surface area contributed by atoms with Crippen molar-refractivity contribution in [1.82, 2.24) is 4.90 Å². The molecule has 0 saturated carbocycles. The average molecular weight is 201 g/mol. The van der Waals surface area contributed by atoms with Gasteiger partial charge in [0.1, 0.15) is 0 Å². The van der Waals surface area contributed by atoms with E-state index in [4.69, 9.17) is 4.74 Å². The Bertz CT molecular complexity index is 136. The third kappa shape index (κ3) is 5.61. The minimum Gasteiger partial charge on any atom is -0.378 e. The van der Waals surface area contributed by atoms with Gasteiger partial charge in [0, 0.05) is 0 Å². The van der Waals surface area contributed by atoms with E-state index in [1.807, 2.05) is 13.8 Å². The number of hydrogen-bond donors (Lipinski definition) is 0. The summed E-state index contributed by atoms with van der Waals surface area (Å²) in [5.74, 6) is 0. The van der Waals surface area contributed by atoms with Gasteiger partial charge in [-0.2, -0.15) is 0 Å². The van der Waals surface area contributed by atoms with Gasteiger partial charge in [0.25, 0.3) is 0 Å². The number of nitrogens with zero attached hydrogens (tertiary/aromatic N) is 1. The lowest BCUT2D eigenvalue weighted by Gasteiger charge is -2.35. The van der Waals surface area contributed by atoms with E-state index in [2.05, 4.69) is 32.7 Å². The third-order valence-electron chi connectivity index (χ3n) is 2.46. The summed E-state index contributed by atoms with van der Waals surface area (Å²) < 4.78 is 5.15. The smallest absolute Gasteiger partial charge is 0.0645 e. The SMILES string of the molecule is CC.CN(CCC(C)(C)C)C1COC1. The molecule has 86 valence electrons. The second-order valence-corrected chi connectivity index (χ2v) is 4.98. The van der Waals surface area contributed by atoms with Gasteiger partial charge in [-0.25, -0.2) is 0 Å². The standard InChI is InChI=1S/C10H21NO.C2H6/c1-10(2,3)5-6-11(4)9-7-12-8-9;1-2/h9H,5-8H2,1-4H3;1-2H3. The second-order valence-electron chi connectivity index (χ2n) is 4.98. The van der Waals surface area contributed by atoms with Crippen molar-refractivity contribution in [2.24, 2.45) is 5.41 Å². The molecule has 2 nitrogen and oxygen atoms in total. The Balaban J connectivity index is 0.000000791. The zero-order valence-electron chi connectivity index (χ0n) is 10.8. The molecule has 1 fully saturated rings. The molecule has 0 spiro atoms. The van der Waals surface area contributed by atoms with Crippen LogP contribution >= 0.6 is 0 Å². The van der Waals surface area contributed by atoms with Gasteiger partial charge >= 0.3 is 0 Å². The van der Waals surface area contributed by atoms with E-state index >= 15 is 0 Å². The van der Waals surface area contributed by atoms with Crippen molar-refractivity contribution < 1.29 is 4.74 Å². The zero-order chi connectivity index (χ0) is 11.2. The molecular weight excluding hydrogens is 174 g/mol. The summed E-state index contributed by atoms with van der Waals surface area (Å²) in [5, 5.41) is 0. The second kappa shape index (κ2) is 6.41. The summed E-state index contributed by atoms with van der Waals surface area (Å²) >= 11 is 0. The fourth-order valence-corrected chi connectivity index (χ4v) is 1.17. The lowest BCUT2D eigenvalue weighted by Crippen LogP contribution is -2.47. The maximum Gasteiger partial charge on any atom is 0.0645 e. The molecular formula is C12H27NO. The van der Waals surface area contributed by atoms with Gasteiger partial charge in [-0.1, -0.05) is 34.6 Å². The van der Waals surface area contributed by atoms with Gasteiger partial charge in [0.2, 0.25) is 0 Å². The lowest BCUT2D eigenvalue weighted by atomic mass is 9.92. The molecule has 0 unspecified atom stereocenters. The fourth-order valence-electron chi connectivity index (χ4n) is 1.17. The lowest BCUT2D eigenvalue weighted by molar-refractivity contribution is -0.0579. The van der Waals surface area contributed by atoms with Gasteiger partial charge in [-0.3, -0.25) is 4.90 Å². The van der Waals surface area contributed by atoms with E-state index in [1.54, 1.807) is 0 Å². The Labute approximate surface area is 89.6 Å². The first-order valence-electron chi connectivity index (χ1n) is 5.77. The molecule has 0 aromatic carbocycles. The third-order valence-corrected chi connectivity index (χ3v) is 2.46. The van der Waals surface area contributed by atoms with Crippen molar-refractivity contribution in [3.05, 3.63) is 0 Å². The normalized spacial score (nSPS) is 17.4. The molecule has 1 aliphatic rings. The van der Waals surface area contributed by atoms with Crippen LogP contribution in [-0.4, -0.2) is 37.7 Å². The van der Waals surface area contributed by atoms with Gasteiger partial charge in [0.05, 0.1) is 19.3 Å². The van der Waals surface area contributed by atoms with Crippen LogP contribution in [0.15, 0.2) is 0 Å². The van der Waals surface area contributed by atoms with Crippen molar-refractivity contribution in [3.63, 3.8) is 0 Å². The molecule has 0 aromatic heterocycles. The summed E-state index contributed by atoms with van der Waals surface area (Å²) in [5.41, 5.74) is 0.457. The predicted octanol–water partition coefficient (Wildman–Crippen LogP) is 2.78. The molecule has 0 aromatic rings. The average Bonchev–Trinajstić information content (AvgIpc) is 2.00. The molecule has 14 heavy (non-hydrogen) atoms. The largest absolute Gasteiger partial charge is 0.378 e. The summed E-state index contributed by atoms with van der Waals surface area (Å²) in [6.45, 7) is 13.9. The van der Waals surface area contributed by atoms with Crippen LogP contribution in [0.3, 0.4) is 0 Å². The van der Waals surface area contributed by atoms with Crippen LogP contribution in [0.25, 0.3) is 0 Å². The van der Waals surface area contributed by atoms with Crippen LogP contribution in [0.5, 0.6) is 0 Å². The monoisotopic (exact) mass is 201 g/mol. The zero-order valence-corrected chi connectivity index (χ0v) is 10.8. The first-order valence-corrected chi connectivity index (χ1v) is 5.77. The van der Waals surface area contributed by atoms with E-state index in [0.29, 0.717) is 11.5 Å². The van der Waals surface area contributed by atoms with Crippen molar-refractivity contribution in [1.29, 1.82) is 0 Å². The topological polar surface area (TPSA) is 12.5 Å². The summed E-state index contributed by atoms with van der Waals surface area (Å²) in [6.07, 6.45) is 1.26.